The average Bonchev–Trinajstić information content (AvgIpc) is 3.21. The Labute approximate surface area is 184 Å². The van der Waals surface area contributed by atoms with E-state index in [0.29, 0.717) is 31.5 Å². The quantitative estimate of drug-likeness (QED) is 0.611. The molecule has 1 fully saturated rings. The summed E-state index contributed by atoms with van der Waals surface area (Å²) in [7, 11) is 0. The van der Waals surface area contributed by atoms with Crippen molar-refractivity contribution in [2.75, 3.05) is 13.1 Å². The number of carbonyl (C=O) groups excluding carboxylic acids is 2. The molecule has 7 nitrogen and oxygen atoms in total. The van der Waals surface area contributed by atoms with Crippen molar-refractivity contribution in [3.8, 4) is 0 Å². The Bertz CT molecular complexity index is 1080. The zero-order valence-corrected chi connectivity index (χ0v) is 17.6. The first-order valence-electron chi connectivity index (χ1n) is 10.8. The number of hydrogen-bond acceptors (Lipinski definition) is 4. The van der Waals surface area contributed by atoms with Gasteiger partial charge in [0.15, 0.2) is 11.6 Å². The molecular weight excluding hydrogens is 416 g/mol. The monoisotopic (exact) mass is 441 g/mol. The van der Waals surface area contributed by atoms with Gasteiger partial charge < -0.3 is 10.2 Å². The molecule has 2 heterocycles. The van der Waals surface area contributed by atoms with Crippen molar-refractivity contribution in [2.45, 2.75) is 38.8 Å². The van der Waals surface area contributed by atoms with Gasteiger partial charge in [-0.3, -0.25) is 9.59 Å². The predicted octanol–water partition coefficient (Wildman–Crippen LogP) is 3.04. The lowest BCUT2D eigenvalue weighted by Gasteiger charge is -2.32. The molecule has 0 saturated carbocycles. The number of aromatic nitrogens is 3. The summed E-state index contributed by atoms with van der Waals surface area (Å²) in [6.07, 6.45) is 2.84. The van der Waals surface area contributed by atoms with E-state index in [2.05, 4.69) is 15.5 Å². The molecule has 1 aromatic heterocycles. The number of nitrogens with zero attached hydrogens (tertiary/aromatic N) is 4. The Morgan fingerprint density at radius 2 is 1.81 bits per heavy atom. The third kappa shape index (κ3) is 5.46. The predicted molar refractivity (Wildman–Crippen MR) is 114 cm³/mol. The van der Waals surface area contributed by atoms with Gasteiger partial charge in [0.25, 0.3) is 0 Å². The molecule has 0 radical (unpaired) electrons. The molecule has 1 atom stereocenters. The molecular formula is C23H25F2N5O2. The zero-order valence-electron chi connectivity index (χ0n) is 17.6. The Morgan fingerprint density at radius 1 is 1.06 bits per heavy atom. The van der Waals surface area contributed by atoms with Crippen LogP contribution in [0.5, 0.6) is 0 Å². The molecule has 0 spiro atoms. The van der Waals surface area contributed by atoms with Crippen molar-refractivity contribution >= 4 is 22.8 Å². The van der Waals surface area contributed by atoms with Gasteiger partial charge in [0.2, 0.25) is 11.8 Å². The SMILES string of the molecule is O=C(CCC1CCCN(C(=O)Cn2nc3ccccc3n2)C1)NCc1ccc(F)c(F)c1. The van der Waals surface area contributed by atoms with Crippen LogP contribution in [-0.2, 0) is 22.7 Å². The van der Waals surface area contributed by atoms with Crippen molar-refractivity contribution in [1.82, 2.24) is 25.2 Å². The summed E-state index contributed by atoms with van der Waals surface area (Å²) in [6.45, 7) is 1.54. The van der Waals surface area contributed by atoms with E-state index in [1.54, 1.807) is 0 Å². The summed E-state index contributed by atoms with van der Waals surface area (Å²) in [6, 6.07) is 11.1. The third-order valence-electron chi connectivity index (χ3n) is 5.73. The number of amides is 2. The summed E-state index contributed by atoms with van der Waals surface area (Å²) in [5.74, 6) is -1.77. The van der Waals surface area contributed by atoms with Gasteiger partial charge in [-0.15, -0.1) is 0 Å². The molecule has 9 heteroatoms. The Hall–Kier alpha value is -3.36. The summed E-state index contributed by atoms with van der Waals surface area (Å²) < 4.78 is 26.2. The summed E-state index contributed by atoms with van der Waals surface area (Å²) in [5.41, 5.74) is 2.02. The number of rotatable bonds is 7. The van der Waals surface area contributed by atoms with Crippen molar-refractivity contribution < 1.29 is 18.4 Å². The summed E-state index contributed by atoms with van der Waals surface area (Å²) in [5, 5.41) is 11.4. The van der Waals surface area contributed by atoms with Crippen LogP contribution in [0.1, 0.15) is 31.2 Å². The van der Waals surface area contributed by atoms with Crippen molar-refractivity contribution in [3.05, 3.63) is 59.7 Å². The maximum atomic E-state index is 13.3. The van der Waals surface area contributed by atoms with Crippen molar-refractivity contribution in [1.29, 1.82) is 0 Å². The molecule has 0 bridgehead atoms. The first kappa shape index (κ1) is 21.9. The van der Waals surface area contributed by atoms with Crippen LogP contribution in [0.4, 0.5) is 8.78 Å². The average molecular weight is 441 g/mol. The van der Waals surface area contributed by atoms with Crippen LogP contribution in [0.15, 0.2) is 42.5 Å². The smallest absolute Gasteiger partial charge is 0.246 e. The zero-order chi connectivity index (χ0) is 22.5. The fraction of sp³-hybridized carbons (Fsp3) is 0.391. The highest BCUT2D eigenvalue weighted by atomic mass is 19.2. The molecule has 0 aliphatic carbocycles. The highest BCUT2D eigenvalue weighted by Crippen LogP contribution is 2.21. The number of nitrogens with one attached hydrogen (secondary N) is 1. The minimum absolute atomic E-state index is 0.0298. The Balaban J connectivity index is 1.23. The van der Waals surface area contributed by atoms with Gasteiger partial charge in [-0.2, -0.15) is 15.0 Å². The summed E-state index contributed by atoms with van der Waals surface area (Å²) in [4.78, 5) is 28.2. The van der Waals surface area contributed by atoms with Gasteiger partial charge in [-0.25, -0.2) is 8.78 Å². The molecule has 32 heavy (non-hydrogen) atoms. The van der Waals surface area contributed by atoms with E-state index < -0.39 is 11.6 Å². The van der Waals surface area contributed by atoms with Crippen LogP contribution in [0.3, 0.4) is 0 Å². The minimum Gasteiger partial charge on any atom is -0.352 e. The number of likely N-dealkylation sites (tertiary alicyclic amines) is 1. The Morgan fingerprint density at radius 3 is 2.53 bits per heavy atom. The second-order valence-electron chi connectivity index (χ2n) is 8.13. The van der Waals surface area contributed by atoms with Gasteiger partial charge in [-0.05, 0) is 55.0 Å². The topological polar surface area (TPSA) is 80.1 Å². The fourth-order valence-electron chi connectivity index (χ4n) is 4.00. The van der Waals surface area contributed by atoms with Gasteiger partial charge >= 0.3 is 0 Å². The molecule has 4 rings (SSSR count). The van der Waals surface area contributed by atoms with E-state index in [9.17, 15) is 18.4 Å². The van der Waals surface area contributed by atoms with Gasteiger partial charge in [0, 0.05) is 26.1 Å². The minimum atomic E-state index is -0.929. The number of fused-ring (bicyclic) bond motifs is 1. The van der Waals surface area contributed by atoms with Crippen LogP contribution < -0.4 is 5.32 Å². The van der Waals surface area contributed by atoms with Gasteiger partial charge in [0.05, 0.1) is 0 Å². The van der Waals surface area contributed by atoms with E-state index in [1.807, 2.05) is 29.2 Å². The maximum absolute atomic E-state index is 13.3. The largest absolute Gasteiger partial charge is 0.352 e. The van der Waals surface area contributed by atoms with Crippen molar-refractivity contribution in [3.63, 3.8) is 0 Å². The number of carbonyl (C=O) groups is 2. The Kier molecular flexibility index (Phi) is 6.72. The van der Waals surface area contributed by atoms with Gasteiger partial charge in [0.1, 0.15) is 17.6 Å². The molecule has 2 amide bonds. The van der Waals surface area contributed by atoms with E-state index in [-0.39, 0.29) is 30.8 Å². The van der Waals surface area contributed by atoms with E-state index >= 15 is 0 Å². The van der Waals surface area contributed by atoms with Gasteiger partial charge in [-0.1, -0.05) is 18.2 Å². The lowest BCUT2D eigenvalue weighted by Crippen LogP contribution is -2.42. The highest BCUT2D eigenvalue weighted by molar-refractivity contribution is 5.77. The van der Waals surface area contributed by atoms with Crippen LogP contribution in [0.25, 0.3) is 11.0 Å². The molecule has 2 aromatic carbocycles. The fourth-order valence-corrected chi connectivity index (χ4v) is 4.00. The molecule has 1 saturated heterocycles. The number of benzene rings is 2. The molecule has 1 N–H and O–H groups in total. The standard InChI is InChI=1S/C23H25F2N5O2/c24-18-9-7-17(12-19(18)25)13-26-22(31)10-8-16-4-3-11-29(14-16)23(32)15-30-27-20-5-1-2-6-21(20)28-30/h1-2,5-7,9,12,16H,3-4,8,10-11,13-15H2,(H,26,31). The molecule has 168 valence electrons. The lowest BCUT2D eigenvalue weighted by molar-refractivity contribution is -0.134. The normalized spacial score (nSPS) is 16.3. The van der Waals surface area contributed by atoms with Crippen LogP contribution >= 0.6 is 0 Å². The lowest BCUT2D eigenvalue weighted by atomic mass is 9.93. The van der Waals surface area contributed by atoms with E-state index in [4.69, 9.17) is 0 Å². The van der Waals surface area contributed by atoms with Crippen LogP contribution in [0.2, 0.25) is 0 Å². The maximum Gasteiger partial charge on any atom is 0.246 e. The molecule has 1 unspecified atom stereocenters. The van der Waals surface area contributed by atoms with Crippen molar-refractivity contribution in [2.24, 2.45) is 5.92 Å². The third-order valence-corrected chi connectivity index (χ3v) is 5.73. The number of halogens is 2. The molecule has 1 aliphatic rings. The van der Waals surface area contributed by atoms with E-state index in [0.717, 1.165) is 36.0 Å². The second-order valence-corrected chi connectivity index (χ2v) is 8.13. The second kappa shape index (κ2) is 9.84. The number of hydrogen-bond donors (Lipinski definition) is 1. The summed E-state index contributed by atoms with van der Waals surface area (Å²) >= 11 is 0. The van der Waals surface area contributed by atoms with Crippen LogP contribution in [-0.4, -0.2) is 44.8 Å². The first-order valence-corrected chi connectivity index (χ1v) is 10.8. The molecule has 3 aromatic rings. The first-order chi connectivity index (χ1) is 15.5. The number of piperidine rings is 1. The van der Waals surface area contributed by atoms with E-state index in [1.165, 1.54) is 10.9 Å². The highest BCUT2D eigenvalue weighted by Gasteiger charge is 2.24. The molecule has 1 aliphatic heterocycles. The van der Waals surface area contributed by atoms with Crippen LogP contribution in [0, 0.1) is 17.6 Å².